The van der Waals surface area contributed by atoms with Crippen molar-refractivity contribution in [2.45, 2.75) is 37.3 Å². The predicted octanol–water partition coefficient (Wildman–Crippen LogP) is -0.635. The van der Waals surface area contributed by atoms with E-state index in [-0.39, 0.29) is 11.5 Å². The summed E-state index contributed by atoms with van der Waals surface area (Å²) in [5.74, 6) is -1.08. The van der Waals surface area contributed by atoms with Crippen molar-refractivity contribution in [3.05, 3.63) is 0 Å². The van der Waals surface area contributed by atoms with Gasteiger partial charge in [0.25, 0.3) is 0 Å². The van der Waals surface area contributed by atoms with Gasteiger partial charge in [0.15, 0.2) is 5.12 Å². The summed E-state index contributed by atoms with van der Waals surface area (Å²) in [6, 6.07) is -0.911. The summed E-state index contributed by atoms with van der Waals surface area (Å²) in [4.78, 5) is 22.2. The third-order valence-corrected chi connectivity index (χ3v) is 3.27. The van der Waals surface area contributed by atoms with Crippen molar-refractivity contribution >= 4 is 22.8 Å². The average molecular weight is 250 g/mol. The molecule has 0 radical (unpaired) electrons. The zero-order chi connectivity index (χ0) is 12.9. The highest BCUT2D eigenvalue weighted by Crippen LogP contribution is 2.28. The van der Waals surface area contributed by atoms with Gasteiger partial charge >= 0.3 is 5.97 Å². The summed E-state index contributed by atoms with van der Waals surface area (Å²) in [6.45, 7) is 3.24. The second-order valence-electron chi connectivity index (χ2n) is 3.91. The van der Waals surface area contributed by atoms with Crippen LogP contribution in [0.15, 0.2) is 0 Å². The molecule has 0 amide bonds. The Bertz CT molecular complexity index is 268. The van der Waals surface area contributed by atoms with Gasteiger partial charge in [-0.2, -0.15) is 0 Å². The maximum Gasteiger partial charge on any atom is 0.321 e. The van der Waals surface area contributed by atoms with E-state index < -0.39 is 23.0 Å². The average Bonchev–Trinajstić information content (AvgIpc) is 2.12. The number of nitrogens with two attached hydrogens (primary N) is 1. The molecule has 0 aliphatic rings. The van der Waals surface area contributed by atoms with Gasteiger partial charge in [-0.05, 0) is 20.9 Å². The van der Waals surface area contributed by atoms with Gasteiger partial charge in [0.2, 0.25) is 0 Å². The number of hydrogen-bond acceptors (Lipinski definition) is 6. The quantitative estimate of drug-likeness (QED) is 0.464. The number of aliphatic hydroxyl groups is 1. The summed E-state index contributed by atoms with van der Waals surface area (Å²) in [5, 5.41) is 20.1. The van der Waals surface area contributed by atoms with Crippen LogP contribution in [0.25, 0.3) is 0 Å². The van der Waals surface area contributed by atoms with E-state index in [2.05, 4.69) is 5.32 Å². The van der Waals surface area contributed by atoms with Crippen LogP contribution in [-0.4, -0.2) is 45.4 Å². The first-order chi connectivity index (χ1) is 7.20. The molecule has 0 saturated carbocycles. The third kappa shape index (κ3) is 4.93. The first-order valence-electron chi connectivity index (χ1n) is 4.76. The minimum Gasteiger partial charge on any atom is -0.480 e. The molecule has 0 rings (SSSR count). The first-order valence-corrected chi connectivity index (χ1v) is 5.58. The summed E-state index contributed by atoms with van der Waals surface area (Å²) in [5.41, 5.74) is 5.29. The molecule has 7 heteroatoms. The lowest BCUT2D eigenvalue weighted by atomic mass is 10.2. The highest BCUT2D eigenvalue weighted by atomic mass is 32.2. The van der Waals surface area contributed by atoms with Crippen LogP contribution in [-0.2, 0) is 9.59 Å². The molecule has 0 aromatic rings. The zero-order valence-electron chi connectivity index (χ0n) is 9.56. The molecule has 2 atom stereocenters. The van der Waals surface area contributed by atoms with Crippen LogP contribution in [0.1, 0.15) is 20.3 Å². The first kappa shape index (κ1) is 15.4. The lowest BCUT2D eigenvalue weighted by molar-refractivity contribution is -0.140. The molecule has 0 bridgehead atoms. The van der Waals surface area contributed by atoms with Gasteiger partial charge in [0.05, 0.1) is 4.75 Å². The number of carboxylic acids is 1. The van der Waals surface area contributed by atoms with Gasteiger partial charge in [-0.15, -0.1) is 0 Å². The number of aliphatic carboxylic acids is 1. The van der Waals surface area contributed by atoms with Crippen LogP contribution < -0.4 is 11.1 Å². The number of carboxylic acid groups (broad SMARTS) is 1. The minimum atomic E-state index is -1.14. The molecular formula is C9H18N2O4S. The van der Waals surface area contributed by atoms with Gasteiger partial charge in [0.1, 0.15) is 12.3 Å². The molecule has 0 saturated heterocycles. The number of carbonyl (C=O) groups is 2. The van der Waals surface area contributed by atoms with Crippen LogP contribution in [0.5, 0.6) is 0 Å². The second-order valence-corrected chi connectivity index (χ2v) is 5.62. The molecule has 16 heavy (non-hydrogen) atoms. The zero-order valence-corrected chi connectivity index (χ0v) is 10.4. The van der Waals surface area contributed by atoms with Crippen molar-refractivity contribution in [1.82, 2.24) is 5.32 Å². The SMILES string of the molecule is CN[C@@H](CC(=O)SC(C)(C)[C@@H](N)O)C(=O)O. The van der Waals surface area contributed by atoms with Gasteiger partial charge in [-0.1, -0.05) is 11.8 Å². The molecule has 0 aliphatic heterocycles. The number of carbonyl (C=O) groups excluding carboxylic acids is 1. The van der Waals surface area contributed by atoms with Gasteiger partial charge in [-0.3, -0.25) is 9.59 Å². The van der Waals surface area contributed by atoms with Crippen LogP contribution >= 0.6 is 11.8 Å². The Hall–Kier alpha value is -0.630. The third-order valence-electron chi connectivity index (χ3n) is 2.11. The smallest absolute Gasteiger partial charge is 0.321 e. The van der Waals surface area contributed by atoms with Crippen molar-refractivity contribution in [3.8, 4) is 0 Å². The Morgan fingerprint density at radius 1 is 1.50 bits per heavy atom. The highest BCUT2D eigenvalue weighted by molar-refractivity contribution is 8.14. The molecule has 6 nitrogen and oxygen atoms in total. The molecule has 0 unspecified atom stereocenters. The van der Waals surface area contributed by atoms with E-state index in [1.807, 2.05) is 0 Å². The molecule has 0 fully saturated rings. The lowest BCUT2D eigenvalue weighted by Crippen LogP contribution is -2.42. The number of nitrogens with one attached hydrogen (secondary N) is 1. The van der Waals surface area contributed by atoms with Crippen LogP contribution in [0.4, 0.5) is 0 Å². The van der Waals surface area contributed by atoms with Crippen molar-refractivity contribution in [2.75, 3.05) is 7.05 Å². The van der Waals surface area contributed by atoms with Crippen molar-refractivity contribution in [3.63, 3.8) is 0 Å². The van der Waals surface area contributed by atoms with Crippen LogP contribution in [0.3, 0.4) is 0 Å². The van der Waals surface area contributed by atoms with E-state index in [1.165, 1.54) is 7.05 Å². The van der Waals surface area contributed by atoms with Crippen LogP contribution in [0, 0.1) is 0 Å². The van der Waals surface area contributed by atoms with Crippen LogP contribution in [0.2, 0.25) is 0 Å². The topological polar surface area (TPSA) is 113 Å². The molecule has 0 aromatic carbocycles. The second kappa shape index (κ2) is 6.19. The van der Waals surface area contributed by atoms with E-state index in [9.17, 15) is 14.7 Å². The maximum absolute atomic E-state index is 11.5. The molecular weight excluding hydrogens is 232 g/mol. The predicted molar refractivity (Wildman–Crippen MR) is 62.0 cm³/mol. The Labute approximate surface area is 98.6 Å². The molecule has 0 spiro atoms. The van der Waals surface area contributed by atoms with Gasteiger partial charge in [-0.25, -0.2) is 0 Å². The minimum absolute atomic E-state index is 0.146. The monoisotopic (exact) mass is 250 g/mol. The fraction of sp³-hybridized carbons (Fsp3) is 0.778. The highest BCUT2D eigenvalue weighted by Gasteiger charge is 2.30. The summed E-state index contributed by atoms with van der Waals surface area (Å²) >= 11 is 0.854. The molecule has 0 aromatic heterocycles. The lowest BCUT2D eigenvalue weighted by Gasteiger charge is -2.26. The Kier molecular flexibility index (Phi) is 5.95. The fourth-order valence-electron chi connectivity index (χ4n) is 0.875. The normalized spacial score (nSPS) is 15.6. The molecule has 0 aliphatic carbocycles. The largest absolute Gasteiger partial charge is 0.480 e. The Balaban J connectivity index is 4.33. The number of likely N-dealkylation sites (N-methyl/N-ethyl adjacent to an activating group) is 1. The van der Waals surface area contributed by atoms with Crippen molar-refractivity contribution in [2.24, 2.45) is 5.73 Å². The van der Waals surface area contributed by atoms with Crippen molar-refractivity contribution in [1.29, 1.82) is 0 Å². The Morgan fingerprint density at radius 2 is 2.00 bits per heavy atom. The molecule has 5 N–H and O–H groups in total. The number of aliphatic hydroxyl groups excluding tert-OH is 1. The van der Waals surface area contributed by atoms with E-state index in [0.717, 1.165) is 11.8 Å². The molecule has 94 valence electrons. The number of thioether (sulfide) groups is 1. The van der Waals surface area contributed by atoms with E-state index in [1.54, 1.807) is 13.8 Å². The summed E-state index contributed by atoms with van der Waals surface area (Å²) in [7, 11) is 1.47. The standard InChI is InChI=1S/C9H18N2O4S/c1-9(2,8(10)15)16-6(12)4-5(11-3)7(13)14/h5,8,11,15H,4,10H2,1-3H3,(H,13,14)/t5-,8-/m0/s1. The van der Waals surface area contributed by atoms with Gasteiger partial charge < -0.3 is 21.3 Å². The fourth-order valence-corrected chi connectivity index (χ4v) is 1.83. The van der Waals surface area contributed by atoms with E-state index in [4.69, 9.17) is 10.8 Å². The van der Waals surface area contributed by atoms with E-state index >= 15 is 0 Å². The maximum atomic E-state index is 11.5. The number of rotatable bonds is 6. The van der Waals surface area contributed by atoms with Gasteiger partial charge in [0, 0.05) is 6.42 Å². The van der Waals surface area contributed by atoms with E-state index in [0.29, 0.717) is 0 Å². The summed E-state index contributed by atoms with van der Waals surface area (Å²) < 4.78 is -0.826. The molecule has 0 heterocycles. The van der Waals surface area contributed by atoms with Crippen molar-refractivity contribution < 1.29 is 19.8 Å². The summed E-state index contributed by atoms with van der Waals surface area (Å²) in [6.07, 6.45) is -1.29. The Morgan fingerprint density at radius 3 is 2.31 bits per heavy atom. The number of hydrogen-bond donors (Lipinski definition) is 4.